The Kier molecular flexibility index (Phi) is 5.52. The van der Waals surface area contributed by atoms with Crippen LogP contribution >= 0.6 is 11.6 Å². The molecule has 3 atom stereocenters. The van der Waals surface area contributed by atoms with Crippen LogP contribution in [-0.4, -0.2) is 32.6 Å². The fraction of sp³-hybridized carbons (Fsp3) is 0.600. The van der Waals surface area contributed by atoms with Gasteiger partial charge in [0.25, 0.3) is 0 Å². The van der Waals surface area contributed by atoms with E-state index < -0.39 is 9.84 Å². The molecule has 0 saturated heterocycles. The predicted octanol–water partition coefficient (Wildman–Crippen LogP) is 2.65. The second kappa shape index (κ2) is 6.99. The van der Waals surface area contributed by atoms with E-state index in [4.69, 9.17) is 22.1 Å². The largest absolute Gasteiger partial charge is 0.492 e. The highest BCUT2D eigenvalue weighted by Crippen LogP contribution is 2.30. The fourth-order valence-electron chi connectivity index (χ4n) is 2.82. The molecule has 1 aromatic carbocycles. The standard InChI is InChI=1S/C15H22ClNO3S/c1-21(18,19)14-4-2-3-11(9-14)15(17)10-20-13-7-5-12(16)6-8-13/h5-8,11,14-15H,2-4,9-10,17H2,1H3. The molecule has 4 nitrogen and oxygen atoms in total. The minimum Gasteiger partial charge on any atom is -0.492 e. The van der Waals surface area contributed by atoms with Crippen molar-refractivity contribution in [2.24, 2.45) is 11.7 Å². The number of sulfone groups is 1. The second-order valence-electron chi connectivity index (χ2n) is 5.81. The van der Waals surface area contributed by atoms with Gasteiger partial charge in [-0.1, -0.05) is 18.0 Å². The minimum atomic E-state index is -2.98. The summed E-state index contributed by atoms with van der Waals surface area (Å²) in [4.78, 5) is 0. The van der Waals surface area contributed by atoms with Gasteiger partial charge in [0.2, 0.25) is 0 Å². The lowest BCUT2D eigenvalue weighted by atomic mass is 9.84. The van der Waals surface area contributed by atoms with Crippen LogP contribution in [0.1, 0.15) is 25.7 Å². The molecule has 6 heteroatoms. The summed E-state index contributed by atoms with van der Waals surface area (Å²) in [6.07, 6.45) is 4.59. The predicted molar refractivity (Wildman–Crippen MR) is 85.5 cm³/mol. The van der Waals surface area contributed by atoms with E-state index in [0.717, 1.165) is 25.0 Å². The molecule has 1 saturated carbocycles. The minimum absolute atomic E-state index is 0.148. The summed E-state index contributed by atoms with van der Waals surface area (Å²) in [5, 5.41) is 0.410. The highest BCUT2D eigenvalue weighted by molar-refractivity contribution is 7.91. The number of hydrogen-bond donors (Lipinski definition) is 1. The van der Waals surface area contributed by atoms with Gasteiger partial charge in [-0.15, -0.1) is 0 Å². The van der Waals surface area contributed by atoms with Crippen LogP contribution in [-0.2, 0) is 9.84 Å². The van der Waals surface area contributed by atoms with Gasteiger partial charge in [-0.2, -0.15) is 0 Å². The third-order valence-corrected chi connectivity index (χ3v) is 6.02. The summed E-state index contributed by atoms with van der Waals surface area (Å²) in [6, 6.07) is 6.99. The van der Waals surface area contributed by atoms with E-state index in [9.17, 15) is 8.42 Å². The van der Waals surface area contributed by atoms with Crippen molar-refractivity contribution in [2.45, 2.75) is 37.0 Å². The molecule has 0 aromatic heterocycles. The Bertz CT molecular complexity index is 559. The molecule has 0 amide bonds. The number of benzene rings is 1. The SMILES string of the molecule is CS(=O)(=O)C1CCCC(C(N)COc2ccc(Cl)cc2)C1. The average Bonchev–Trinajstić information content (AvgIpc) is 2.45. The molecule has 1 fully saturated rings. The maximum absolute atomic E-state index is 11.7. The zero-order valence-electron chi connectivity index (χ0n) is 12.2. The third kappa shape index (κ3) is 4.87. The number of nitrogens with two attached hydrogens (primary N) is 1. The Morgan fingerprint density at radius 3 is 2.62 bits per heavy atom. The van der Waals surface area contributed by atoms with Gasteiger partial charge >= 0.3 is 0 Å². The smallest absolute Gasteiger partial charge is 0.150 e. The first kappa shape index (κ1) is 16.6. The highest BCUT2D eigenvalue weighted by atomic mass is 35.5. The van der Waals surface area contributed by atoms with Crippen molar-refractivity contribution in [3.8, 4) is 5.75 Å². The van der Waals surface area contributed by atoms with Gasteiger partial charge in [0, 0.05) is 17.3 Å². The Labute approximate surface area is 131 Å². The van der Waals surface area contributed by atoms with Gasteiger partial charge in [-0.3, -0.25) is 0 Å². The van der Waals surface area contributed by atoms with Gasteiger partial charge in [-0.05, 0) is 49.4 Å². The summed E-state index contributed by atoms with van der Waals surface area (Å²) >= 11 is 5.82. The molecule has 0 aliphatic heterocycles. The van der Waals surface area contributed by atoms with Gasteiger partial charge < -0.3 is 10.5 Å². The maximum atomic E-state index is 11.7. The molecule has 2 rings (SSSR count). The zero-order valence-corrected chi connectivity index (χ0v) is 13.7. The van der Waals surface area contributed by atoms with Crippen molar-refractivity contribution in [3.63, 3.8) is 0 Å². The molecule has 2 N–H and O–H groups in total. The topological polar surface area (TPSA) is 69.4 Å². The molecule has 0 spiro atoms. The van der Waals surface area contributed by atoms with E-state index >= 15 is 0 Å². The van der Waals surface area contributed by atoms with Crippen LogP contribution in [0, 0.1) is 5.92 Å². The highest BCUT2D eigenvalue weighted by Gasteiger charge is 2.31. The van der Waals surface area contributed by atoms with Crippen LogP contribution < -0.4 is 10.5 Å². The van der Waals surface area contributed by atoms with E-state index in [1.807, 2.05) is 0 Å². The van der Waals surface area contributed by atoms with Gasteiger partial charge in [-0.25, -0.2) is 8.42 Å². The van der Waals surface area contributed by atoms with Crippen LogP contribution in [0.5, 0.6) is 5.75 Å². The summed E-state index contributed by atoms with van der Waals surface area (Å²) in [6.45, 7) is 0.392. The molecule has 1 aromatic rings. The number of rotatable bonds is 5. The Morgan fingerprint density at radius 2 is 2.00 bits per heavy atom. The quantitative estimate of drug-likeness (QED) is 0.900. The molecule has 1 aliphatic rings. The van der Waals surface area contributed by atoms with E-state index in [1.54, 1.807) is 24.3 Å². The molecule has 3 unspecified atom stereocenters. The molecule has 118 valence electrons. The van der Waals surface area contributed by atoms with E-state index in [2.05, 4.69) is 0 Å². The number of hydrogen-bond acceptors (Lipinski definition) is 4. The van der Waals surface area contributed by atoms with Crippen LogP contribution in [0.3, 0.4) is 0 Å². The van der Waals surface area contributed by atoms with Crippen molar-refractivity contribution < 1.29 is 13.2 Å². The van der Waals surface area contributed by atoms with E-state index in [-0.39, 0.29) is 17.2 Å². The lowest BCUT2D eigenvalue weighted by Crippen LogP contribution is -2.41. The molecule has 0 bridgehead atoms. The lowest BCUT2D eigenvalue weighted by Gasteiger charge is -2.31. The maximum Gasteiger partial charge on any atom is 0.150 e. The molecule has 1 aliphatic carbocycles. The summed E-state index contributed by atoms with van der Waals surface area (Å²) < 4.78 is 29.0. The van der Waals surface area contributed by atoms with Gasteiger partial charge in [0.05, 0.1) is 5.25 Å². The third-order valence-electron chi connectivity index (χ3n) is 4.13. The summed E-state index contributed by atoms with van der Waals surface area (Å²) in [7, 11) is -2.98. The molecular weight excluding hydrogens is 310 g/mol. The van der Waals surface area contributed by atoms with Crippen molar-refractivity contribution in [2.75, 3.05) is 12.9 Å². The summed E-state index contributed by atoms with van der Waals surface area (Å²) in [5.74, 6) is 0.927. The van der Waals surface area contributed by atoms with Gasteiger partial charge in [0.15, 0.2) is 0 Å². The van der Waals surface area contributed by atoms with Crippen molar-refractivity contribution in [3.05, 3.63) is 29.3 Å². The van der Waals surface area contributed by atoms with Crippen molar-refractivity contribution in [1.29, 1.82) is 0 Å². The first-order valence-electron chi connectivity index (χ1n) is 7.19. The van der Waals surface area contributed by atoms with Crippen LogP contribution in [0.15, 0.2) is 24.3 Å². The van der Waals surface area contributed by atoms with E-state index in [0.29, 0.717) is 18.1 Å². The number of halogens is 1. The lowest BCUT2D eigenvalue weighted by molar-refractivity contribution is 0.214. The van der Waals surface area contributed by atoms with Crippen molar-refractivity contribution in [1.82, 2.24) is 0 Å². The Balaban J connectivity index is 1.88. The molecular formula is C15H22ClNO3S. The van der Waals surface area contributed by atoms with E-state index in [1.165, 1.54) is 6.26 Å². The van der Waals surface area contributed by atoms with Gasteiger partial charge in [0.1, 0.15) is 22.2 Å². The molecule has 0 heterocycles. The van der Waals surface area contributed by atoms with Crippen LogP contribution in [0.2, 0.25) is 5.02 Å². The van der Waals surface area contributed by atoms with Crippen LogP contribution in [0.4, 0.5) is 0 Å². The molecule has 0 radical (unpaired) electrons. The van der Waals surface area contributed by atoms with Crippen molar-refractivity contribution >= 4 is 21.4 Å². The second-order valence-corrected chi connectivity index (χ2v) is 8.57. The monoisotopic (exact) mass is 331 g/mol. The average molecular weight is 332 g/mol. The summed E-state index contributed by atoms with van der Waals surface area (Å²) in [5.41, 5.74) is 6.19. The first-order chi connectivity index (χ1) is 9.86. The zero-order chi connectivity index (χ0) is 15.5. The Morgan fingerprint density at radius 1 is 1.33 bits per heavy atom. The normalized spacial score (nSPS) is 24.5. The molecule has 21 heavy (non-hydrogen) atoms. The number of ether oxygens (including phenoxy) is 1. The Hall–Kier alpha value is -0.780. The van der Waals surface area contributed by atoms with Crippen LogP contribution in [0.25, 0.3) is 0 Å². The fourth-order valence-corrected chi connectivity index (χ4v) is 4.14. The first-order valence-corrected chi connectivity index (χ1v) is 9.52.